The van der Waals surface area contributed by atoms with Crippen LogP contribution in [0.15, 0.2) is 16.4 Å². The third-order valence-corrected chi connectivity index (χ3v) is 6.55. The molecule has 34 heavy (non-hydrogen) atoms. The Morgan fingerprint density at radius 3 is 2.47 bits per heavy atom. The van der Waals surface area contributed by atoms with E-state index in [1.807, 2.05) is 0 Å². The fourth-order valence-corrected chi connectivity index (χ4v) is 4.61. The predicted molar refractivity (Wildman–Crippen MR) is 123 cm³/mol. The number of ketones is 1. The van der Waals surface area contributed by atoms with E-state index < -0.39 is 58.4 Å². The molecule has 0 radical (unpaired) electrons. The van der Waals surface area contributed by atoms with Crippen LogP contribution in [0.3, 0.4) is 0 Å². The molecule has 14 heteroatoms. The van der Waals surface area contributed by atoms with Gasteiger partial charge in [0, 0.05) is 19.8 Å². The summed E-state index contributed by atoms with van der Waals surface area (Å²) in [6, 6.07) is -1.07. The van der Waals surface area contributed by atoms with Crippen molar-refractivity contribution in [3.63, 3.8) is 0 Å². The maximum absolute atomic E-state index is 13.0. The number of hydrogen-bond donors (Lipinski definition) is 2. The summed E-state index contributed by atoms with van der Waals surface area (Å²) in [6.45, 7) is 6.37. The number of oxime groups is 1. The highest BCUT2D eigenvalue weighted by molar-refractivity contribution is 9.09. The molecule has 2 amide bonds. The number of thioether (sulfide) groups is 1. The third kappa shape index (κ3) is 5.96. The lowest BCUT2D eigenvalue weighted by Crippen LogP contribution is -2.71. The Morgan fingerprint density at radius 2 is 1.94 bits per heavy atom. The van der Waals surface area contributed by atoms with Crippen molar-refractivity contribution >= 4 is 62.9 Å². The Labute approximate surface area is 208 Å². The van der Waals surface area contributed by atoms with Crippen molar-refractivity contribution in [1.82, 2.24) is 10.2 Å². The number of nitrogens with zero attached hydrogens (tertiary/aromatic N) is 2. The fraction of sp³-hybridized carbons (Fsp3) is 0.600. The first-order chi connectivity index (χ1) is 15.9. The van der Waals surface area contributed by atoms with Crippen molar-refractivity contribution in [2.24, 2.45) is 10.6 Å². The van der Waals surface area contributed by atoms with Crippen LogP contribution in [0.4, 0.5) is 0 Å². The molecule has 2 heterocycles. The Kier molecular flexibility index (Phi) is 9.25. The van der Waals surface area contributed by atoms with E-state index >= 15 is 0 Å². The van der Waals surface area contributed by atoms with Gasteiger partial charge < -0.3 is 24.7 Å². The number of carbonyl (C=O) groups is 5. The molecule has 0 aromatic heterocycles. The number of amides is 2. The topological polar surface area (TPSA) is 161 Å². The molecule has 0 aromatic rings. The van der Waals surface area contributed by atoms with Gasteiger partial charge in [-0.2, -0.15) is 0 Å². The van der Waals surface area contributed by atoms with Gasteiger partial charge in [0.1, 0.15) is 17.1 Å². The quantitative estimate of drug-likeness (QED) is 0.0592. The average molecular weight is 564 g/mol. The zero-order valence-electron chi connectivity index (χ0n) is 19.2. The van der Waals surface area contributed by atoms with Gasteiger partial charge in [0.2, 0.25) is 17.8 Å². The van der Waals surface area contributed by atoms with Crippen molar-refractivity contribution < 1.29 is 43.4 Å². The van der Waals surface area contributed by atoms with Crippen LogP contribution in [0, 0.1) is 5.41 Å². The van der Waals surface area contributed by atoms with Crippen LogP contribution in [0.25, 0.3) is 0 Å². The second kappa shape index (κ2) is 11.3. The number of β-lactam (4-membered cyclic amide) rings is 1. The Morgan fingerprint density at radius 1 is 1.29 bits per heavy atom. The molecule has 0 bridgehead atoms. The van der Waals surface area contributed by atoms with Crippen molar-refractivity contribution in [3.8, 4) is 0 Å². The van der Waals surface area contributed by atoms with Crippen LogP contribution in [0.2, 0.25) is 0 Å². The van der Waals surface area contributed by atoms with E-state index in [1.165, 1.54) is 25.8 Å². The minimum absolute atomic E-state index is 0.0438. The summed E-state index contributed by atoms with van der Waals surface area (Å²) in [6.07, 6.45) is -1.21. The molecule has 188 valence electrons. The molecule has 2 rings (SSSR count). The smallest absolute Gasteiger partial charge is 0.358 e. The van der Waals surface area contributed by atoms with Crippen molar-refractivity contribution in [3.05, 3.63) is 11.3 Å². The molecule has 0 aliphatic carbocycles. The Balaban J connectivity index is 2.19. The number of Topliss-reactive ketones (excluding diaryl/α,β-unsaturated/α-hetero) is 1. The van der Waals surface area contributed by atoms with E-state index in [2.05, 4.69) is 26.4 Å². The van der Waals surface area contributed by atoms with Crippen molar-refractivity contribution in [1.29, 1.82) is 0 Å². The first-order valence-corrected chi connectivity index (χ1v) is 12.2. The lowest BCUT2D eigenvalue weighted by atomic mass is 9.97. The van der Waals surface area contributed by atoms with Crippen LogP contribution in [0.5, 0.6) is 0 Å². The summed E-state index contributed by atoms with van der Waals surface area (Å²) in [4.78, 5) is 63.1. The second-order valence-electron chi connectivity index (χ2n) is 8.38. The first kappa shape index (κ1) is 27.8. The summed E-state index contributed by atoms with van der Waals surface area (Å²) in [5, 5.41) is 13.1. The minimum Gasteiger partial charge on any atom is -0.425 e. The lowest BCUT2D eigenvalue weighted by Gasteiger charge is -2.49. The lowest BCUT2D eigenvalue weighted by molar-refractivity contribution is -0.190. The second-order valence-corrected chi connectivity index (χ2v) is 10.0. The maximum atomic E-state index is 13.0. The van der Waals surface area contributed by atoms with Gasteiger partial charge in [-0.05, 0) is 26.3 Å². The van der Waals surface area contributed by atoms with Gasteiger partial charge in [0.15, 0.2) is 0 Å². The SMILES string of the molecule is COCC1=C(C(=O)OC(C)OC(=O)C(C)(C)C)N2C(=O)C(NC(=O)/C(=N\O)C(=O)CBr)[C@H]2SC1. The van der Waals surface area contributed by atoms with Gasteiger partial charge in [-0.15, -0.1) is 11.8 Å². The zero-order valence-corrected chi connectivity index (χ0v) is 21.6. The summed E-state index contributed by atoms with van der Waals surface area (Å²) in [5.41, 5.74) is -1.14. The number of halogens is 1. The van der Waals surface area contributed by atoms with Gasteiger partial charge in [0.25, 0.3) is 11.8 Å². The molecule has 0 aromatic carbocycles. The van der Waals surface area contributed by atoms with Gasteiger partial charge in [-0.3, -0.25) is 24.1 Å². The van der Waals surface area contributed by atoms with Crippen LogP contribution >= 0.6 is 27.7 Å². The van der Waals surface area contributed by atoms with E-state index in [0.717, 1.165) is 4.90 Å². The van der Waals surface area contributed by atoms with Crippen molar-refractivity contribution in [2.45, 2.75) is 45.4 Å². The summed E-state index contributed by atoms with van der Waals surface area (Å²) in [5.74, 6) is -3.60. The molecule has 0 spiro atoms. The Bertz CT molecular complexity index is 944. The first-order valence-electron chi connectivity index (χ1n) is 10.1. The molecular weight excluding hydrogens is 538 g/mol. The van der Waals surface area contributed by atoms with Gasteiger partial charge >= 0.3 is 11.9 Å². The highest BCUT2D eigenvalue weighted by atomic mass is 79.9. The number of nitrogens with one attached hydrogen (secondary N) is 1. The molecule has 3 atom stereocenters. The van der Waals surface area contributed by atoms with Crippen molar-refractivity contribution in [2.75, 3.05) is 24.8 Å². The van der Waals surface area contributed by atoms with E-state index in [0.29, 0.717) is 5.57 Å². The third-order valence-electron chi connectivity index (χ3n) is 4.70. The van der Waals surface area contributed by atoms with E-state index in [-0.39, 0.29) is 23.4 Å². The number of rotatable bonds is 9. The molecular formula is C20H26BrN3O9S. The zero-order chi connectivity index (χ0) is 25.8. The van der Waals surface area contributed by atoms with E-state index in [9.17, 15) is 24.0 Å². The molecule has 2 aliphatic rings. The standard InChI is InChI=1S/C20H26BrN3O9S/c1-9(33-19(29)20(2,3)4)32-18(28)14-10(7-31-5)8-34-17-13(16(27)24(14)17)22-15(26)12(23-30)11(25)6-21/h9,13,17,30H,6-8H2,1-5H3,(H,22,26)/b23-12-/t9?,13?,17-/m1/s1. The minimum atomic E-state index is -1.21. The van der Waals surface area contributed by atoms with Crippen LogP contribution in [-0.4, -0.2) is 87.9 Å². The number of hydrogen-bond acceptors (Lipinski definition) is 11. The van der Waals surface area contributed by atoms with Gasteiger partial charge in [0.05, 0.1) is 17.4 Å². The van der Waals surface area contributed by atoms with E-state index in [4.69, 9.17) is 19.4 Å². The largest absolute Gasteiger partial charge is 0.425 e. The monoisotopic (exact) mass is 563 g/mol. The normalized spacial score (nSPS) is 21.3. The molecule has 0 saturated carbocycles. The number of carbonyl (C=O) groups excluding carboxylic acids is 5. The summed E-state index contributed by atoms with van der Waals surface area (Å²) < 4.78 is 15.6. The van der Waals surface area contributed by atoms with Gasteiger partial charge in [-0.25, -0.2) is 4.79 Å². The predicted octanol–water partition coefficient (Wildman–Crippen LogP) is 0.560. The molecule has 2 N–H and O–H groups in total. The number of esters is 2. The highest BCUT2D eigenvalue weighted by Crippen LogP contribution is 2.40. The molecule has 2 aliphatic heterocycles. The highest BCUT2D eigenvalue weighted by Gasteiger charge is 2.55. The fourth-order valence-electron chi connectivity index (χ4n) is 3.02. The van der Waals surface area contributed by atoms with Crippen LogP contribution in [-0.2, 0) is 38.2 Å². The number of fused-ring (bicyclic) bond motifs is 1. The Hall–Kier alpha value is -2.45. The molecule has 12 nitrogen and oxygen atoms in total. The average Bonchev–Trinajstić information content (AvgIpc) is 2.76. The van der Waals surface area contributed by atoms with E-state index in [1.54, 1.807) is 20.8 Å². The number of ether oxygens (including phenoxy) is 3. The maximum Gasteiger partial charge on any atom is 0.358 e. The van der Waals surface area contributed by atoms with Crippen LogP contribution in [0.1, 0.15) is 27.7 Å². The summed E-state index contributed by atoms with van der Waals surface area (Å²) >= 11 is 4.14. The molecule has 2 unspecified atom stereocenters. The van der Waals surface area contributed by atoms with Gasteiger partial charge in [-0.1, -0.05) is 21.1 Å². The molecule has 1 fully saturated rings. The molecule has 1 saturated heterocycles. The number of methoxy groups -OCH3 is 1. The number of alkyl halides is 1. The summed E-state index contributed by atoms with van der Waals surface area (Å²) in [7, 11) is 1.43. The van der Waals surface area contributed by atoms with Crippen LogP contribution < -0.4 is 5.32 Å².